The molecule has 1 unspecified atom stereocenters. The van der Waals surface area contributed by atoms with Crippen LogP contribution in [-0.4, -0.2) is 38.7 Å². The fourth-order valence-corrected chi connectivity index (χ4v) is 4.17. The number of pyridine rings is 2. The largest absolute Gasteiger partial charge is 0.609 e. The molecule has 4 rings (SSSR count). The number of imidazole rings is 1. The SMILES string of the molecule is COc1ccc(Oc2nc3[nH]c([S+]([O-])Cc4nccc(OC)c4C)nc3cc2C)cc1. The minimum Gasteiger partial charge on any atom is -0.609 e. The molecule has 0 aliphatic carbocycles. The van der Waals surface area contributed by atoms with Gasteiger partial charge in [-0.05, 0) is 50.2 Å². The molecule has 0 fully saturated rings. The maximum Gasteiger partial charge on any atom is 0.323 e. The maximum absolute atomic E-state index is 12.9. The summed E-state index contributed by atoms with van der Waals surface area (Å²) in [6, 6.07) is 10.9. The minimum atomic E-state index is -1.42. The fraction of sp³-hybridized carbons (Fsp3) is 0.227. The van der Waals surface area contributed by atoms with Gasteiger partial charge in [-0.2, -0.15) is 9.97 Å². The zero-order chi connectivity index (χ0) is 22.0. The van der Waals surface area contributed by atoms with Gasteiger partial charge in [0.2, 0.25) is 5.88 Å². The highest BCUT2D eigenvalue weighted by molar-refractivity contribution is 7.90. The van der Waals surface area contributed by atoms with Crippen LogP contribution < -0.4 is 14.2 Å². The third kappa shape index (κ3) is 4.42. The number of aromatic nitrogens is 4. The van der Waals surface area contributed by atoms with E-state index < -0.39 is 11.2 Å². The predicted molar refractivity (Wildman–Crippen MR) is 117 cm³/mol. The van der Waals surface area contributed by atoms with Crippen LogP contribution >= 0.6 is 0 Å². The van der Waals surface area contributed by atoms with Gasteiger partial charge in [-0.1, -0.05) is 0 Å². The molecule has 0 aliphatic rings. The summed E-state index contributed by atoms with van der Waals surface area (Å²) in [5.41, 5.74) is 3.51. The van der Waals surface area contributed by atoms with Crippen LogP contribution in [0.1, 0.15) is 16.8 Å². The van der Waals surface area contributed by atoms with E-state index in [-0.39, 0.29) is 5.75 Å². The molecule has 160 valence electrons. The molecule has 0 bridgehead atoms. The van der Waals surface area contributed by atoms with Gasteiger partial charge in [0.05, 0.1) is 19.9 Å². The molecule has 1 aromatic carbocycles. The van der Waals surface area contributed by atoms with Crippen LogP contribution in [0.15, 0.2) is 47.8 Å². The Labute approximate surface area is 182 Å². The third-order valence-electron chi connectivity index (χ3n) is 4.83. The molecule has 0 spiro atoms. The number of H-pyrrole nitrogens is 1. The highest BCUT2D eigenvalue weighted by Gasteiger charge is 2.21. The fourth-order valence-electron chi connectivity index (χ4n) is 3.08. The predicted octanol–water partition coefficient (Wildman–Crippen LogP) is 4.09. The van der Waals surface area contributed by atoms with E-state index in [1.807, 2.05) is 32.0 Å². The van der Waals surface area contributed by atoms with Gasteiger partial charge in [0, 0.05) is 28.5 Å². The molecule has 1 atom stereocenters. The van der Waals surface area contributed by atoms with Crippen molar-refractivity contribution in [1.82, 2.24) is 19.9 Å². The summed E-state index contributed by atoms with van der Waals surface area (Å²) >= 11 is -1.42. The number of hydrogen-bond acceptors (Lipinski definition) is 7. The molecule has 0 amide bonds. The molecule has 3 aromatic heterocycles. The van der Waals surface area contributed by atoms with E-state index in [1.165, 1.54) is 0 Å². The average molecular weight is 439 g/mol. The maximum atomic E-state index is 12.9. The number of nitrogens with one attached hydrogen (secondary N) is 1. The second-order valence-corrected chi connectivity index (χ2v) is 8.24. The number of hydrogen-bond donors (Lipinski definition) is 1. The summed E-state index contributed by atoms with van der Waals surface area (Å²) in [4.78, 5) is 16.4. The van der Waals surface area contributed by atoms with Gasteiger partial charge in [0.25, 0.3) is 0 Å². The number of ether oxygens (including phenoxy) is 3. The van der Waals surface area contributed by atoms with E-state index in [4.69, 9.17) is 14.2 Å². The van der Waals surface area contributed by atoms with Crippen LogP contribution in [0.25, 0.3) is 11.2 Å². The highest BCUT2D eigenvalue weighted by atomic mass is 32.2. The first-order chi connectivity index (χ1) is 15.0. The standard InChI is InChI=1S/C22H22N4O4S/c1-13-11-17-20(25-21(13)30-16-7-5-15(28-3)6-8-16)26-22(24-17)31(27)12-18-14(2)19(29-4)9-10-23-18/h5-11H,12H2,1-4H3,(H,24,25,26). The molecule has 31 heavy (non-hydrogen) atoms. The molecule has 0 saturated heterocycles. The van der Waals surface area contributed by atoms with Crippen molar-refractivity contribution in [2.45, 2.75) is 24.8 Å². The van der Waals surface area contributed by atoms with E-state index in [9.17, 15) is 4.55 Å². The van der Waals surface area contributed by atoms with E-state index in [0.717, 1.165) is 16.9 Å². The normalized spacial score (nSPS) is 12.0. The first kappa shape index (κ1) is 21.0. The highest BCUT2D eigenvalue weighted by Crippen LogP contribution is 2.28. The Bertz CT molecular complexity index is 1210. The topological polar surface area (TPSA) is 105 Å². The monoisotopic (exact) mass is 438 g/mol. The minimum absolute atomic E-state index is 0.219. The van der Waals surface area contributed by atoms with Crippen LogP contribution in [0, 0.1) is 13.8 Å². The molecule has 0 radical (unpaired) electrons. The number of fused-ring (bicyclic) bond motifs is 1. The smallest absolute Gasteiger partial charge is 0.323 e. The van der Waals surface area contributed by atoms with Gasteiger partial charge in [0.15, 0.2) is 11.4 Å². The summed E-state index contributed by atoms with van der Waals surface area (Å²) in [7, 11) is 3.21. The number of rotatable bonds is 7. The van der Waals surface area contributed by atoms with E-state index in [0.29, 0.717) is 39.4 Å². The van der Waals surface area contributed by atoms with Gasteiger partial charge in [0.1, 0.15) is 22.8 Å². The molecular weight excluding hydrogens is 416 g/mol. The Morgan fingerprint density at radius 1 is 1.00 bits per heavy atom. The number of aryl methyl sites for hydroxylation is 1. The lowest BCUT2D eigenvalue weighted by molar-refractivity contribution is 0.410. The van der Waals surface area contributed by atoms with Crippen molar-refractivity contribution in [1.29, 1.82) is 0 Å². The Morgan fingerprint density at radius 3 is 2.45 bits per heavy atom. The lowest BCUT2D eigenvalue weighted by atomic mass is 10.2. The Hall–Kier alpha value is -3.30. The molecule has 1 N–H and O–H groups in total. The van der Waals surface area contributed by atoms with Gasteiger partial charge in [-0.15, -0.1) is 0 Å². The lowest BCUT2D eigenvalue weighted by Gasteiger charge is -2.10. The van der Waals surface area contributed by atoms with Gasteiger partial charge in [-0.25, -0.2) is 0 Å². The zero-order valence-electron chi connectivity index (χ0n) is 17.6. The van der Waals surface area contributed by atoms with Gasteiger partial charge < -0.3 is 18.8 Å². The second kappa shape index (κ2) is 8.83. The van der Waals surface area contributed by atoms with Crippen LogP contribution in [0.5, 0.6) is 23.1 Å². The first-order valence-electron chi connectivity index (χ1n) is 9.54. The number of aromatic amines is 1. The van der Waals surface area contributed by atoms with E-state index in [2.05, 4.69) is 19.9 Å². The van der Waals surface area contributed by atoms with Crippen molar-refractivity contribution < 1.29 is 18.8 Å². The number of benzene rings is 1. The number of methoxy groups -OCH3 is 2. The van der Waals surface area contributed by atoms with Crippen LogP contribution in [0.4, 0.5) is 0 Å². The van der Waals surface area contributed by atoms with E-state index >= 15 is 0 Å². The molecular formula is C22H22N4O4S. The molecule has 0 saturated carbocycles. The van der Waals surface area contributed by atoms with Gasteiger partial charge in [-0.3, -0.25) is 9.97 Å². The molecule has 0 aliphatic heterocycles. The lowest BCUT2D eigenvalue weighted by Crippen LogP contribution is -2.10. The Balaban J connectivity index is 1.57. The van der Waals surface area contributed by atoms with Crippen molar-refractivity contribution in [3.8, 4) is 23.1 Å². The van der Waals surface area contributed by atoms with Crippen molar-refractivity contribution in [2.75, 3.05) is 14.2 Å². The molecule has 9 heteroatoms. The summed E-state index contributed by atoms with van der Waals surface area (Å²) in [6.45, 7) is 3.78. The van der Waals surface area contributed by atoms with Crippen LogP contribution in [0.2, 0.25) is 0 Å². The zero-order valence-corrected chi connectivity index (χ0v) is 18.4. The second-order valence-electron chi connectivity index (χ2n) is 6.87. The molecule has 3 heterocycles. The van der Waals surface area contributed by atoms with Crippen molar-refractivity contribution in [3.05, 3.63) is 59.4 Å². The molecule has 8 nitrogen and oxygen atoms in total. The van der Waals surface area contributed by atoms with Crippen molar-refractivity contribution in [3.63, 3.8) is 0 Å². The Kier molecular flexibility index (Phi) is 5.97. The van der Waals surface area contributed by atoms with E-state index in [1.54, 1.807) is 38.6 Å². The summed E-state index contributed by atoms with van der Waals surface area (Å²) < 4.78 is 29.3. The van der Waals surface area contributed by atoms with Crippen molar-refractivity contribution >= 4 is 22.3 Å². The number of nitrogens with zero attached hydrogens (tertiary/aromatic N) is 3. The summed E-state index contributed by atoms with van der Waals surface area (Å²) in [5.74, 6) is 2.76. The Morgan fingerprint density at radius 2 is 1.74 bits per heavy atom. The third-order valence-corrected chi connectivity index (χ3v) is 5.99. The summed E-state index contributed by atoms with van der Waals surface area (Å²) in [6.07, 6.45) is 1.64. The summed E-state index contributed by atoms with van der Waals surface area (Å²) in [5, 5.41) is 0.340. The van der Waals surface area contributed by atoms with Gasteiger partial charge >= 0.3 is 5.16 Å². The average Bonchev–Trinajstić information content (AvgIpc) is 3.19. The van der Waals surface area contributed by atoms with Crippen LogP contribution in [-0.2, 0) is 16.9 Å². The quantitative estimate of drug-likeness (QED) is 0.433. The van der Waals surface area contributed by atoms with Crippen molar-refractivity contribution in [2.24, 2.45) is 0 Å². The molecule has 4 aromatic rings. The van der Waals surface area contributed by atoms with Crippen LogP contribution in [0.3, 0.4) is 0 Å². The first-order valence-corrected chi connectivity index (χ1v) is 10.9.